The average Bonchev–Trinajstić information content (AvgIpc) is 2.50. The van der Waals surface area contributed by atoms with Gasteiger partial charge >= 0.3 is 0 Å². The molecule has 0 aliphatic heterocycles. The van der Waals surface area contributed by atoms with Crippen LogP contribution >= 0.6 is 0 Å². The SMILES string of the molecule is Cc1nn(CC(=O)NCC(O)C(C)C)c(=O)c2ccccc12. The molecular weight excluding hydrogens is 282 g/mol. The number of nitrogens with zero attached hydrogens (tertiary/aromatic N) is 2. The van der Waals surface area contributed by atoms with Crippen LogP contribution in [0.1, 0.15) is 19.5 Å². The van der Waals surface area contributed by atoms with Crippen molar-refractivity contribution in [1.82, 2.24) is 15.1 Å². The Morgan fingerprint density at radius 1 is 1.32 bits per heavy atom. The van der Waals surface area contributed by atoms with Gasteiger partial charge in [-0.1, -0.05) is 32.0 Å². The summed E-state index contributed by atoms with van der Waals surface area (Å²) >= 11 is 0. The lowest BCUT2D eigenvalue weighted by Crippen LogP contribution is -2.39. The van der Waals surface area contributed by atoms with E-state index in [9.17, 15) is 14.7 Å². The maximum atomic E-state index is 12.3. The number of benzene rings is 1. The van der Waals surface area contributed by atoms with E-state index in [4.69, 9.17) is 0 Å². The van der Waals surface area contributed by atoms with E-state index in [1.54, 1.807) is 19.1 Å². The molecule has 2 rings (SSSR count). The summed E-state index contributed by atoms with van der Waals surface area (Å²) in [5.41, 5.74) is 0.408. The van der Waals surface area contributed by atoms with Gasteiger partial charge < -0.3 is 10.4 Å². The maximum Gasteiger partial charge on any atom is 0.275 e. The standard InChI is InChI=1S/C16H21N3O3/c1-10(2)14(20)8-17-15(21)9-19-16(22)13-7-5-4-6-12(13)11(3)18-19/h4-7,10,14,20H,8-9H2,1-3H3,(H,17,21). The molecule has 0 saturated heterocycles. The zero-order valence-corrected chi connectivity index (χ0v) is 13.0. The molecule has 1 aromatic heterocycles. The van der Waals surface area contributed by atoms with E-state index < -0.39 is 6.10 Å². The lowest BCUT2D eigenvalue weighted by atomic mass is 10.1. The number of rotatable bonds is 5. The number of aliphatic hydroxyl groups excluding tert-OH is 1. The zero-order chi connectivity index (χ0) is 16.3. The van der Waals surface area contributed by atoms with Crippen molar-refractivity contribution < 1.29 is 9.90 Å². The molecule has 118 valence electrons. The second kappa shape index (κ2) is 6.70. The number of nitrogens with one attached hydrogen (secondary N) is 1. The van der Waals surface area contributed by atoms with E-state index in [1.165, 1.54) is 0 Å². The number of amides is 1. The van der Waals surface area contributed by atoms with Gasteiger partial charge in [-0.3, -0.25) is 9.59 Å². The van der Waals surface area contributed by atoms with Crippen LogP contribution in [-0.2, 0) is 11.3 Å². The minimum Gasteiger partial charge on any atom is -0.391 e. The Hall–Kier alpha value is -2.21. The largest absolute Gasteiger partial charge is 0.391 e. The van der Waals surface area contributed by atoms with Gasteiger partial charge in [0.1, 0.15) is 6.54 Å². The fraction of sp³-hybridized carbons (Fsp3) is 0.438. The molecule has 0 bridgehead atoms. The summed E-state index contributed by atoms with van der Waals surface area (Å²) in [7, 11) is 0. The molecule has 1 amide bonds. The molecule has 2 N–H and O–H groups in total. The lowest BCUT2D eigenvalue weighted by molar-refractivity contribution is -0.122. The highest BCUT2D eigenvalue weighted by atomic mass is 16.3. The molecule has 0 saturated carbocycles. The fourth-order valence-electron chi connectivity index (χ4n) is 2.16. The second-order valence-corrected chi connectivity index (χ2v) is 5.71. The molecule has 0 fully saturated rings. The van der Waals surface area contributed by atoms with Gasteiger partial charge in [0.25, 0.3) is 5.56 Å². The summed E-state index contributed by atoms with van der Waals surface area (Å²) in [6.45, 7) is 5.55. The Morgan fingerprint density at radius 3 is 2.59 bits per heavy atom. The molecule has 6 heteroatoms. The van der Waals surface area contributed by atoms with E-state index in [2.05, 4.69) is 10.4 Å². The van der Waals surface area contributed by atoms with Crippen molar-refractivity contribution in [1.29, 1.82) is 0 Å². The third kappa shape index (κ3) is 3.51. The molecule has 0 spiro atoms. The summed E-state index contributed by atoms with van der Waals surface area (Å²) < 4.78 is 1.16. The van der Waals surface area contributed by atoms with Gasteiger partial charge in [0.2, 0.25) is 5.91 Å². The molecule has 22 heavy (non-hydrogen) atoms. The van der Waals surface area contributed by atoms with Crippen LogP contribution in [0.5, 0.6) is 0 Å². The van der Waals surface area contributed by atoms with Crippen LogP contribution < -0.4 is 10.9 Å². The van der Waals surface area contributed by atoms with Gasteiger partial charge in [0.15, 0.2) is 0 Å². The second-order valence-electron chi connectivity index (χ2n) is 5.71. The van der Waals surface area contributed by atoms with Crippen LogP contribution in [0.3, 0.4) is 0 Å². The summed E-state index contributed by atoms with van der Waals surface area (Å²) in [4.78, 5) is 24.3. The predicted molar refractivity (Wildman–Crippen MR) is 84.6 cm³/mol. The number of aryl methyl sites for hydroxylation is 1. The number of aliphatic hydroxyl groups is 1. The first-order chi connectivity index (χ1) is 10.4. The molecule has 1 atom stereocenters. The van der Waals surface area contributed by atoms with E-state index in [0.29, 0.717) is 11.1 Å². The number of aromatic nitrogens is 2. The number of hydrogen-bond acceptors (Lipinski definition) is 4. The van der Waals surface area contributed by atoms with Gasteiger partial charge in [-0.25, -0.2) is 4.68 Å². The third-order valence-electron chi connectivity index (χ3n) is 3.62. The number of fused-ring (bicyclic) bond motifs is 1. The van der Waals surface area contributed by atoms with Crippen LogP contribution in [0.2, 0.25) is 0 Å². The summed E-state index contributed by atoms with van der Waals surface area (Å²) in [6, 6.07) is 7.19. The van der Waals surface area contributed by atoms with Gasteiger partial charge in [0.05, 0.1) is 17.2 Å². The van der Waals surface area contributed by atoms with Crippen molar-refractivity contribution in [2.75, 3.05) is 6.54 Å². The Kier molecular flexibility index (Phi) is 4.92. The minimum absolute atomic E-state index is 0.0593. The number of carbonyl (C=O) groups excluding carboxylic acids is 1. The van der Waals surface area contributed by atoms with E-state index >= 15 is 0 Å². The van der Waals surface area contributed by atoms with Crippen LogP contribution in [0, 0.1) is 12.8 Å². The quantitative estimate of drug-likeness (QED) is 0.857. The predicted octanol–water partition coefficient (Wildman–Crippen LogP) is 0.838. The zero-order valence-electron chi connectivity index (χ0n) is 13.0. The minimum atomic E-state index is -0.605. The van der Waals surface area contributed by atoms with E-state index in [-0.39, 0.29) is 30.5 Å². The van der Waals surface area contributed by atoms with Crippen LogP contribution in [0.15, 0.2) is 29.1 Å². The van der Waals surface area contributed by atoms with Crippen molar-refractivity contribution in [2.24, 2.45) is 5.92 Å². The Labute approximate surface area is 128 Å². The highest BCUT2D eigenvalue weighted by molar-refractivity contribution is 5.83. The monoisotopic (exact) mass is 303 g/mol. The summed E-state index contributed by atoms with van der Waals surface area (Å²) in [6.07, 6.45) is -0.605. The fourth-order valence-corrected chi connectivity index (χ4v) is 2.16. The van der Waals surface area contributed by atoms with Gasteiger partial charge in [0, 0.05) is 11.9 Å². The molecular formula is C16H21N3O3. The van der Waals surface area contributed by atoms with Crippen molar-refractivity contribution in [3.63, 3.8) is 0 Å². The smallest absolute Gasteiger partial charge is 0.275 e. The van der Waals surface area contributed by atoms with Crippen molar-refractivity contribution in [2.45, 2.75) is 33.4 Å². The number of hydrogen-bond donors (Lipinski definition) is 2. The van der Waals surface area contributed by atoms with Gasteiger partial charge in [-0.15, -0.1) is 0 Å². The molecule has 2 aromatic rings. The molecule has 0 aliphatic rings. The van der Waals surface area contributed by atoms with Gasteiger partial charge in [-0.05, 0) is 18.9 Å². The Morgan fingerprint density at radius 2 is 1.95 bits per heavy atom. The van der Waals surface area contributed by atoms with Crippen LogP contribution in [-0.4, -0.2) is 33.4 Å². The first-order valence-corrected chi connectivity index (χ1v) is 7.31. The normalized spacial score (nSPS) is 12.6. The molecule has 1 aromatic carbocycles. The lowest BCUT2D eigenvalue weighted by Gasteiger charge is -2.15. The van der Waals surface area contributed by atoms with Crippen LogP contribution in [0.25, 0.3) is 10.8 Å². The third-order valence-corrected chi connectivity index (χ3v) is 3.62. The highest BCUT2D eigenvalue weighted by Gasteiger charge is 2.13. The van der Waals surface area contributed by atoms with Crippen molar-refractivity contribution in [3.8, 4) is 0 Å². The van der Waals surface area contributed by atoms with Crippen molar-refractivity contribution >= 4 is 16.7 Å². The van der Waals surface area contributed by atoms with E-state index in [1.807, 2.05) is 26.0 Å². The van der Waals surface area contributed by atoms with E-state index in [0.717, 1.165) is 10.1 Å². The summed E-state index contributed by atoms with van der Waals surface area (Å²) in [5, 5.41) is 17.8. The molecule has 1 heterocycles. The van der Waals surface area contributed by atoms with Crippen molar-refractivity contribution in [3.05, 3.63) is 40.3 Å². The number of carbonyl (C=O) groups is 1. The Balaban J connectivity index is 2.17. The highest BCUT2D eigenvalue weighted by Crippen LogP contribution is 2.11. The molecule has 6 nitrogen and oxygen atoms in total. The molecule has 0 aliphatic carbocycles. The molecule has 0 radical (unpaired) electrons. The van der Waals surface area contributed by atoms with Crippen LogP contribution in [0.4, 0.5) is 0 Å². The summed E-state index contributed by atoms with van der Waals surface area (Å²) in [5.74, 6) is -0.284. The first kappa shape index (κ1) is 16.2. The van der Waals surface area contributed by atoms with Gasteiger partial charge in [-0.2, -0.15) is 5.10 Å². The first-order valence-electron chi connectivity index (χ1n) is 7.31. The molecule has 1 unspecified atom stereocenters. The maximum absolute atomic E-state index is 12.3. The average molecular weight is 303 g/mol. The topological polar surface area (TPSA) is 84.2 Å². The Bertz CT molecular complexity index is 737.